The first-order valence-corrected chi connectivity index (χ1v) is 18.9. The first-order valence-electron chi connectivity index (χ1n) is 18.0. The molecule has 10 rings (SSSR count). The highest BCUT2D eigenvalue weighted by molar-refractivity contribution is 7.26. The van der Waals surface area contributed by atoms with Gasteiger partial charge in [0.1, 0.15) is 0 Å². The summed E-state index contributed by atoms with van der Waals surface area (Å²) in [5, 5.41) is 4.73. The average Bonchev–Trinajstić information content (AvgIpc) is 3.63. The number of nitrogens with zero attached hydrogens (tertiary/aromatic N) is 4. The van der Waals surface area contributed by atoms with Crippen molar-refractivity contribution in [3.05, 3.63) is 194 Å². The second-order valence-corrected chi connectivity index (χ2v) is 14.3. The van der Waals surface area contributed by atoms with Crippen LogP contribution in [0.15, 0.2) is 194 Å². The minimum absolute atomic E-state index is 0.649. The Morgan fingerprint density at radius 3 is 1.46 bits per heavy atom. The molecule has 0 saturated heterocycles. The zero-order chi connectivity index (χ0) is 35.8. The van der Waals surface area contributed by atoms with Crippen LogP contribution in [0.25, 0.3) is 76.2 Å². The Morgan fingerprint density at radius 2 is 0.852 bits per heavy atom. The summed E-state index contributed by atoms with van der Waals surface area (Å²) < 4.78 is 2.51. The lowest BCUT2D eigenvalue weighted by atomic mass is 9.93. The molecule has 2 heterocycles. The summed E-state index contributed by atoms with van der Waals surface area (Å²) >= 11 is 1.85. The molecule has 10 aromatic rings. The third kappa shape index (κ3) is 5.68. The SMILES string of the molecule is c1ccc(-c2nc(-c3ccccc3)nc(-c3cc4c5ccccc5sc4c4c(-c5ccc(N(c6ccccc6)c6ccccc6)cc5)cccc34)n2)cc1. The molecule has 0 bridgehead atoms. The molecule has 0 atom stereocenters. The van der Waals surface area contributed by atoms with Crippen molar-refractivity contribution in [1.29, 1.82) is 0 Å². The van der Waals surface area contributed by atoms with Gasteiger partial charge in [-0.15, -0.1) is 11.3 Å². The lowest BCUT2D eigenvalue weighted by Gasteiger charge is -2.25. The molecule has 0 aliphatic rings. The zero-order valence-electron chi connectivity index (χ0n) is 29.2. The summed E-state index contributed by atoms with van der Waals surface area (Å²) in [6, 6.07) is 68.0. The second-order valence-electron chi connectivity index (χ2n) is 13.2. The maximum atomic E-state index is 5.19. The summed E-state index contributed by atoms with van der Waals surface area (Å²) in [6.45, 7) is 0. The summed E-state index contributed by atoms with van der Waals surface area (Å²) in [6.07, 6.45) is 0. The number of aromatic nitrogens is 3. The average molecular weight is 709 g/mol. The van der Waals surface area contributed by atoms with Crippen LogP contribution < -0.4 is 4.90 Å². The van der Waals surface area contributed by atoms with Crippen LogP contribution in [0, 0.1) is 0 Å². The lowest BCUT2D eigenvalue weighted by molar-refractivity contribution is 1.08. The van der Waals surface area contributed by atoms with Crippen molar-refractivity contribution in [3.8, 4) is 45.3 Å². The Hall–Kier alpha value is -6.95. The molecule has 8 aromatic carbocycles. The molecule has 5 heteroatoms. The van der Waals surface area contributed by atoms with Crippen molar-refractivity contribution in [2.75, 3.05) is 4.90 Å². The van der Waals surface area contributed by atoms with Gasteiger partial charge in [-0.25, -0.2) is 15.0 Å². The van der Waals surface area contributed by atoms with Gasteiger partial charge in [0.25, 0.3) is 0 Å². The van der Waals surface area contributed by atoms with Gasteiger partial charge in [0.2, 0.25) is 0 Å². The predicted octanol–water partition coefficient (Wildman–Crippen LogP) is 13.5. The Morgan fingerprint density at radius 1 is 0.352 bits per heavy atom. The highest BCUT2D eigenvalue weighted by Gasteiger charge is 2.20. The van der Waals surface area contributed by atoms with E-state index in [1.165, 1.54) is 31.1 Å². The van der Waals surface area contributed by atoms with Crippen molar-refractivity contribution >= 4 is 59.3 Å². The van der Waals surface area contributed by atoms with E-state index in [2.05, 4.69) is 163 Å². The molecular formula is C49H32N4S. The molecular weight excluding hydrogens is 677 g/mol. The number of thiophene rings is 1. The molecule has 0 N–H and O–H groups in total. The smallest absolute Gasteiger partial charge is 0.164 e. The van der Waals surface area contributed by atoms with E-state index in [1.54, 1.807) is 0 Å². The highest BCUT2D eigenvalue weighted by atomic mass is 32.1. The van der Waals surface area contributed by atoms with Crippen LogP contribution in [0.1, 0.15) is 0 Å². The van der Waals surface area contributed by atoms with E-state index >= 15 is 0 Å². The quantitative estimate of drug-likeness (QED) is 0.165. The van der Waals surface area contributed by atoms with E-state index in [4.69, 9.17) is 15.0 Å². The molecule has 0 radical (unpaired) electrons. The van der Waals surface area contributed by atoms with E-state index in [0.717, 1.165) is 44.7 Å². The van der Waals surface area contributed by atoms with Crippen molar-refractivity contribution in [1.82, 2.24) is 15.0 Å². The fourth-order valence-electron chi connectivity index (χ4n) is 7.38. The number of benzene rings is 8. The Labute approximate surface area is 317 Å². The van der Waals surface area contributed by atoms with Crippen LogP contribution in [0.3, 0.4) is 0 Å². The van der Waals surface area contributed by atoms with Gasteiger partial charge in [0, 0.05) is 59.3 Å². The van der Waals surface area contributed by atoms with Gasteiger partial charge in [-0.1, -0.05) is 146 Å². The molecule has 0 saturated carbocycles. The normalized spacial score (nSPS) is 11.3. The van der Waals surface area contributed by atoms with Crippen LogP contribution in [0.4, 0.5) is 17.1 Å². The fourth-order valence-corrected chi connectivity index (χ4v) is 8.64. The third-order valence-corrected chi connectivity index (χ3v) is 11.1. The lowest BCUT2D eigenvalue weighted by Crippen LogP contribution is -2.09. The van der Waals surface area contributed by atoms with E-state index in [-0.39, 0.29) is 0 Å². The number of fused-ring (bicyclic) bond motifs is 5. The molecule has 254 valence electrons. The molecule has 0 unspecified atom stereocenters. The van der Waals surface area contributed by atoms with E-state index < -0.39 is 0 Å². The number of hydrogen-bond donors (Lipinski definition) is 0. The van der Waals surface area contributed by atoms with Gasteiger partial charge in [-0.3, -0.25) is 0 Å². The van der Waals surface area contributed by atoms with Gasteiger partial charge in [0.05, 0.1) is 0 Å². The minimum atomic E-state index is 0.649. The monoisotopic (exact) mass is 708 g/mol. The first-order chi connectivity index (χ1) is 26.8. The maximum absolute atomic E-state index is 5.19. The van der Waals surface area contributed by atoms with Crippen LogP contribution in [-0.2, 0) is 0 Å². The van der Waals surface area contributed by atoms with Crippen molar-refractivity contribution in [2.45, 2.75) is 0 Å². The number of rotatable bonds is 7. The van der Waals surface area contributed by atoms with Crippen LogP contribution in [0.5, 0.6) is 0 Å². The van der Waals surface area contributed by atoms with E-state index in [0.29, 0.717) is 17.5 Å². The van der Waals surface area contributed by atoms with Crippen LogP contribution >= 0.6 is 11.3 Å². The van der Waals surface area contributed by atoms with Crippen molar-refractivity contribution < 1.29 is 0 Å². The van der Waals surface area contributed by atoms with Gasteiger partial charge >= 0.3 is 0 Å². The number of anilines is 3. The first kappa shape index (κ1) is 31.8. The minimum Gasteiger partial charge on any atom is -0.311 e. The number of hydrogen-bond acceptors (Lipinski definition) is 5. The van der Waals surface area contributed by atoms with Gasteiger partial charge in [-0.2, -0.15) is 0 Å². The summed E-state index contributed by atoms with van der Waals surface area (Å²) in [4.78, 5) is 17.7. The predicted molar refractivity (Wildman–Crippen MR) is 227 cm³/mol. The standard InChI is InChI=1S/C49H32N4S/c1-5-16-34(17-6-1)47-50-48(35-18-7-2-8-19-35)52-49(51-47)43-32-42-40-24-13-14-27-44(40)54-46(42)45-39(25-15-26-41(43)45)33-28-30-38(31-29-33)53(36-20-9-3-10-21-36)37-22-11-4-12-23-37/h1-32H. The molecule has 0 fully saturated rings. The Kier molecular flexibility index (Phi) is 7.97. The molecule has 0 aliphatic carbocycles. The molecule has 0 amide bonds. The Balaban J connectivity index is 1.20. The number of para-hydroxylation sites is 2. The van der Waals surface area contributed by atoms with Crippen molar-refractivity contribution in [3.63, 3.8) is 0 Å². The van der Waals surface area contributed by atoms with Gasteiger partial charge < -0.3 is 4.90 Å². The van der Waals surface area contributed by atoms with Gasteiger partial charge in [0.15, 0.2) is 17.5 Å². The van der Waals surface area contributed by atoms with E-state index in [1.807, 2.05) is 47.7 Å². The molecule has 0 spiro atoms. The Bertz CT molecular complexity index is 2810. The molecule has 2 aromatic heterocycles. The van der Waals surface area contributed by atoms with Gasteiger partial charge in [-0.05, 0) is 65.0 Å². The topological polar surface area (TPSA) is 41.9 Å². The second kappa shape index (κ2) is 13.6. The van der Waals surface area contributed by atoms with Crippen molar-refractivity contribution in [2.24, 2.45) is 0 Å². The largest absolute Gasteiger partial charge is 0.311 e. The zero-order valence-corrected chi connectivity index (χ0v) is 30.0. The molecule has 54 heavy (non-hydrogen) atoms. The van der Waals surface area contributed by atoms with Crippen LogP contribution in [0.2, 0.25) is 0 Å². The van der Waals surface area contributed by atoms with Crippen LogP contribution in [-0.4, -0.2) is 15.0 Å². The fraction of sp³-hybridized carbons (Fsp3) is 0. The van der Waals surface area contributed by atoms with E-state index in [9.17, 15) is 0 Å². The summed E-state index contributed by atoms with van der Waals surface area (Å²) in [5.74, 6) is 1.95. The molecule has 0 aliphatic heterocycles. The molecule has 4 nitrogen and oxygen atoms in total. The summed E-state index contributed by atoms with van der Waals surface area (Å²) in [7, 11) is 0. The highest BCUT2D eigenvalue weighted by Crippen LogP contribution is 2.46. The maximum Gasteiger partial charge on any atom is 0.164 e. The third-order valence-electron chi connectivity index (χ3n) is 9.91. The summed E-state index contributed by atoms with van der Waals surface area (Å²) in [5.41, 5.74) is 8.51.